The monoisotopic (exact) mass is 296 g/mol. The van der Waals surface area contributed by atoms with Crippen LogP contribution in [0.5, 0.6) is 11.5 Å². The topological polar surface area (TPSA) is 33.7 Å². The van der Waals surface area contributed by atoms with Gasteiger partial charge >= 0.3 is 0 Å². The lowest BCUT2D eigenvalue weighted by Crippen LogP contribution is -2.35. The van der Waals surface area contributed by atoms with Gasteiger partial charge in [-0.2, -0.15) is 0 Å². The van der Waals surface area contributed by atoms with Crippen molar-refractivity contribution < 1.29 is 9.47 Å². The number of ether oxygens (including phenoxy) is 2. The van der Waals surface area contributed by atoms with Gasteiger partial charge in [-0.3, -0.25) is 0 Å². The van der Waals surface area contributed by atoms with Crippen molar-refractivity contribution >= 4 is 11.6 Å². The molecule has 0 radical (unpaired) electrons. The summed E-state index contributed by atoms with van der Waals surface area (Å²) >= 11 is 6.24. The summed E-state index contributed by atoms with van der Waals surface area (Å²) < 4.78 is 11.1. The van der Waals surface area contributed by atoms with Crippen molar-refractivity contribution in [2.24, 2.45) is 0 Å². The second kappa shape index (κ2) is 6.20. The molecular formula is C15H21ClN2O2. The number of hydrogen-bond acceptors (Lipinski definition) is 4. The van der Waals surface area contributed by atoms with Crippen LogP contribution in [0.4, 0.5) is 0 Å². The van der Waals surface area contributed by atoms with E-state index >= 15 is 0 Å². The number of nitrogens with one attached hydrogen (secondary N) is 1. The van der Waals surface area contributed by atoms with Crippen LogP contribution < -0.4 is 14.8 Å². The van der Waals surface area contributed by atoms with Crippen LogP contribution in [0.25, 0.3) is 0 Å². The summed E-state index contributed by atoms with van der Waals surface area (Å²) in [7, 11) is 2.19. The Morgan fingerprint density at radius 2 is 2.20 bits per heavy atom. The maximum atomic E-state index is 6.24. The normalized spacial score (nSPS) is 22.2. The fourth-order valence-electron chi connectivity index (χ4n) is 2.89. The molecule has 1 aromatic rings. The molecule has 1 atom stereocenters. The largest absolute Gasteiger partial charge is 0.486 e. The van der Waals surface area contributed by atoms with E-state index in [2.05, 4.69) is 17.3 Å². The van der Waals surface area contributed by atoms with Crippen molar-refractivity contribution in [1.29, 1.82) is 0 Å². The first-order valence-corrected chi connectivity index (χ1v) is 7.61. The molecule has 4 nitrogen and oxygen atoms in total. The summed E-state index contributed by atoms with van der Waals surface area (Å²) in [6.45, 7) is 4.19. The SMILES string of the molecule is CN1CCCC1CNCc1cc(Cl)c2c(c1)OCCO2. The van der Waals surface area contributed by atoms with Crippen LogP contribution in [-0.2, 0) is 6.54 Å². The van der Waals surface area contributed by atoms with Crippen LogP contribution in [-0.4, -0.2) is 44.3 Å². The van der Waals surface area contributed by atoms with Crippen molar-refractivity contribution in [2.45, 2.75) is 25.4 Å². The highest BCUT2D eigenvalue weighted by molar-refractivity contribution is 6.32. The highest BCUT2D eigenvalue weighted by atomic mass is 35.5. The molecule has 0 bridgehead atoms. The molecule has 20 heavy (non-hydrogen) atoms. The zero-order chi connectivity index (χ0) is 13.9. The fourth-order valence-corrected chi connectivity index (χ4v) is 3.17. The Morgan fingerprint density at radius 1 is 1.35 bits per heavy atom. The van der Waals surface area contributed by atoms with Crippen LogP contribution in [0.2, 0.25) is 5.02 Å². The number of rotatable bonds is 4. The second-order valence-corrected chi connectivity index (χ2v) is 5.92. The van der Waals surface area contributed by atoms with E-state index in [1.54, 1.807) is 0 Å². The standard InChI is InChI=1S/C15H21ClN2O2/c1-18-4-2-3-12(18)10-17-9-11-7-13(16)15-14(8-11)19-5-6-20-15/h7-8,12,17H,2-6,9-10H2,1H3. The molecule has 0 saturated carbocycles. The Balaban J connectivity index is 1.59. The molecule has 0 aromatic heterocycles. The molecule has 0 aliphatic carbocycles. The maximum absolute atomic E-state index is 6.24. The van der Waals surface area contributed by atoms with Gasteiger partial charge in [0.05, 0.1) is 5.02 Å². The highest BCUT2D eigenvalue weighted by Gasteiger charge is 2.20. The molecule has 1 unspecified atom stereocenters. The fraction of sp³-hybridized carbons (Fsp3) is 0.600. The van der Waals surface area contributed by atoms with Crippen molar-refractivity contribution in [3.63, 3.8) is 0 Å². The van der Waals surface area contributed by atoms with E-state index in [-0.39, 0.29) is 0 Å². The van der Waals surface area contributed by atoms with Gasteiger partial charge in [-0.25, -0.2) is 0 Å². The molecule has 2 heterocycles. The smallest absolute Gasteiger partial charge is 0.179 e. The van der Waals surface area contributed by atoms with Gasteiger partial charge in [0.1, 0.15) is 13.2 Å². The third kappa shape index (κ3) is 3.03. The average Bonchev–Trinajstić information content (AvgIpc) is 2.85. The van der Waals surface area contributed by atoms with Gasteiger partial charge in [0.2, 0.25) is 0 Å². The minimum Gasteiger partial charge on any atom is -0.486 e. The van der Waals surface area contributed by atoms with Crippen LogP contribution >= 0.6 is 11.6 Å². The van der Waals surface area contributed by atoms with Gasteiger partial charge < -0.3 is 19.7 Å². The molecule has 1 saturated heterocycles. The molecule has 3 rings (SSSR count). The summed E-state index contributed by atoms with van der Waals surface area (Å²) in [5, 5.41) is 4.15. The Morgan fingerprint density at radius 3 is 3.00 bits per heavy atom. The number of fused-ring (bicyclic) bond motifs is 1. The molecule has 1 fully saturated rings. The minimum absolute atomic E-state index is 0.568. The van der Waals surface area contributed by atoms with Crippen molar-refractivity contribution in [3.05, 3.63) is 22.7 Å². The van der Waals surface area contributed by atoms with Crippen LogP contribution in [0.1, 0.15) is 18.4 Å². The van der Waals surface area contributed by atoms with E-state index in [1.807, 2.05) is 12.1 Å². The molecule has 0 spiro atoms. The van der Waals surface area contributed by atoms with Gasteiger partial charge in [0, 0.05) is 19.1 Å². The maximum Gasteiger partial charge on any atom is 0.179 e. The first-order chi connectivity index (χ1) is 9.74. The van der Waals surface area contributed by atoms with E-state index in [9.17, 15) is 0 Å². The van der Waals surface area contributed by atoms with Crippen molar-refractivity contribution in [2.75, 3.05) is 33.4 Å². The van der Waals surface area contributed by atoms with Crippen molar-refractivity contribution in [3.8, 4) is 11.5 Å². The van der Waals surface area contributed by atoms with Gasteiger partial charge in [-0.05, 0) is 44.1 Å². The van der Waals surface area contributed by atoms with Crippen LogP contribution in [0.3, 0.4) is 0 Å². The number of benzene rings is 1. The molecule has 110 valence electrons. The molecule has 2 aliphatic heterocycles. The number of likely N-dealkylation sites (tertiary alicyclic amines) is 1. The first kappa shape index (κ1) is 14.0. The number of nitrogens with zero attached hydrogens (tertiary/aromatic N) is 1. The van der Waals surface area contributed by atoms with Gasteiger partial charge in [-0.1, -0.05) is 11.6 Å². The second-order valence-electron chi connectivity index (χ2n) is 5.51. The Kier molecular flexibility index (Phi) is 4.34. The lowest BCUT2D eigenvalue weighted by molar-refractivity contribution is 0.171. The number of likely N-dealkylation sites (N-methyl/N-ethyl adjacent to an activating group) is 1. The zero-order valence-electron chi connectivity index (χ0n) is 11.8. The summed E-state index contributed by atoms with van der Waals surface area (Å²) in [5.74, 6) is 1.44. The molecule has 0 amide bonds. The van der Waals surface area contributed by atoms with E-state index in [1.165, 1.54) is 19.4 Å². The Bertz CT molecular complexity index is 481. The predicted molar refractivity (Wildman–Crippen MR) is 79.8 cm³/mol. The lowest BCUT2D eigenvalue weighted by atomic mass is 10.1. The van der Waals surface area contributed by atoms with Gasteiger partial charge in [0.15, 0.2) is 11.5 Å². The molecular weight excluding hydrogens is 276 g/mol. The third-order valence-corrected chi connectivity index (χ3v) is 4.32. The predicted octanol–water partition coefficient (Wildman–Crippen LogP) is 2.29. The van der Waals surface area contributed by atoms with Crippen LogP contribution in [0.15, 0.2) is 12.1 Å². The molecule has 5 heteroatoms. The third-order valence-electron chi connectivity index (χ3n) is 4.04. The Hall–Kier alpha value is -0.970. The van der Waals surface area contributed by atoms with E-state index < -0.39 is 0 Å². The lowest BCUT2D eigenvalue weighted by Gasteiger charge is -2.21. The van der Waals surface area contributed by atoms with Gasteiger partial charge in [0.25, 0.3) is 0 Å². The number of halogens is 1. The first-order valence-electron chi connectivity index (χ1n) is 7.23. The zero-order valence-corrected chi connectivity index (χ0v) is 12.6. The average molecular weight is 297 g/mol. The summed E-state index contributed by atoms with van der Waals surface area (Å²) in [6.07, 6.45) is 2.59. The quantitative estimate of drug-likeness (QED) is 0.924. The summed E-state index contributed by atoms with van der Waals surface area (Å²) in [4.78, 5) is 2.42. The molecule has 1 N–H and O–H groups in total. The van der Waals surface area contributed by atoms with Crippen molar-refractivity contribution in [1.82, 2.24) is 10.2 Å². The highest BCUT2D eigenvalue weighted by Crippen LogP contribution is 2.38. The number of hydrogen-bond donors (Lipinski definition) is 1. The van der Waals surface area contributed by atoms with E-state index in [0.29, 0.717) is 30.0 Å². The minimum atomic E-state index is 0.568. The summed E-state index contributed by atoms with van der Waals surface area (Å²) in [6, 6.07) is 4.63. The Labute approximate surface area is 125 Å². The summed E-state index contributed by atoms with van der Waals surface area (Å²) in [5.41, 5.74) is 1.14. The molecule has 1 aromatic carbocycles. The van der Waals surface area contributed by atoms with E-state index in [4.69, 9.17) is 21.1 Å². The molecule has 2 aliphatic rings. The van der Waals surface area contributed by atoms with Gasteiger partial charge in [-0.15, -0.1) is 0 Å². The van der Waals surface area contributed by atoms with Crippen LogP contribution in [0, 0.1) is 0 Å². The van der Waals surface area contributed by atoms with E-state index in [0.717, 1.165) is 24.4 Å².